The van der Waals surface area contributed by atoms with Crippen molar-refractivity contribution in [1.29, 1.82) is 0 Å². The second-order valence-electron chi connectivity index (χ2n) is 15.7. The summed E-state index contributed by atoms with van der Waals surface area (Å²) >= 11 is 0. The van der Waals surface area contributed by atoms with Crippen molar-refractivity contribution in [2.75, 3.05) is 0 Å². The van der Waals surface area contributed by atoms with Crippen LogP contribution in [-0.2, 0) is 13.1 Å². The summed E-state index contributed by atoms with van der Waals surface area (Å²) in [6.07, 6.45) is 8.91. The number of hydrogen-bond donors (Lipinski definition) is 0. The van der Waals surface area contributed by atoms with Crippen molar-refractivity contribution in [3.05, 3.63) is 255 Å². The first kappa shape index (κ1) is 38.3. The summed E-state index contributed by atoms with van der Waals surface area (Å²) in [5, 5.41) is 0. The zero-order chi connectivity index (χ0) is 41.5. The van der Waals surface area contributed by atoms with Crippen LogP contribution in [0.3, 0.4) is 0 Å². The summed E-state index contributed by atoms with van der Waals surface area (Å²) < 4.78 is 4.58. The summed E-state index contributed by atoms with van der Waals surface area (Å²) in [5.41, 5.74) is 19.4. The van der Waals surface area contributed by atoms with Crippen molar-refractivity contribution in [2.24, 2.45) is 0 Å². The molecule has 0 aliphatic heterocycles. The van der Waals surface area contributed by atoms with Gasteiger partial charge in [-0.1, -0.05) is 182 Å². The molecule has 2 heterocycles. The monoisotopic (exact) mass is 794 g/mol. The minimum atomic E-state index is 0.838. The molecule has 0 unspecified atom stereocenters. The Morgan fingerprint density at radius 3 is 0.677 bits per heavy atom. The van der Waals surface area contributed by atoms with E-state index >= 15 is 0 Å². The molecular formula is C60H46N2+2. The molecule has 0 aliphatic carbocycles. The Kier molecular flexibility index (Phi) is 10.9. The first-order chi connectivity index (χ1) is 30.7. The molecule has 0 amide bonds. The van der Waals surface area contributed by atoms with Crippen molar-refractivity contribution >= 4 is 0 Å². The Morgan fingerprint density at radius 1 is 0.210 bits per heavy atom. The van der Waals surface area contributed by atoms with Gasteiger partial charge in [-0.15, -0.1) is 0 Å². The lowest BCUT2D eigenvalue weighted by molar-refractivity contribution is -0.778. The standard InChI is InChI=1S/C60H46N2/c1-7-19-45(20-8-1)53-41-55(47-23-11-3-12-24-47)59(56(42-53)48-25-13-4-14-26-48)51-31-35-61(36-32-51)39-40-62-37-33-52(34-38-62)60-57(49-27-15-5-16-28-49)43-54(46-21-9-2-10-22-46)44-58(60)50-29-17-6-18-30-50/h1-38,41-44H,39-40H2/q+2. The Balaban J connectivity index is 0.975. The van der Waals surface area contributed by atoms with Gasteiger partial charge in [0.1, 0.15) is 0 Å². The maximum Gasteiger partial charge on any atom is 0.206 e. The molecule has 2 nitrogen and oxygen atoms in total. The van der Waals surface area contributed by atoms with E-state index < -0.39 is 0 Å². The van der Waals surface area contributed by atoms with Crippen LogP contribution in [-0.4, -0.2) is 0 Å². The van der Waals surface area contributed by atoms with Crippen LogP contribution < -0.4 is 9.13 Å². The number of aryl methyl sites for hydroxylation is 2. The zero-order valence-electron chi connectivity index (χ0n) is 34.6. The molecule has 0 atom stereocenters. The molecular weight excluding hydrogens is 749 g/mol. The molecule has 0 saturated carbocycles. The van der Waals surface area contributed by atoms with Crippen LogP contribution >= 0.6 is 0 Å². The van der Waals surface area contributed by atoms with E-state index in [-0.39, 0.29) is 0 Å². The van der Waals surface area contributed by atoms with Crippen LogP contribution in [0.5, 0.6) is 0 Å². The third kappa shape index (κ3) is 8.15. The number of rotatable bonds is 11. The zero-order valence-corrected chi connectivity index (χ0v) is 34.6. The first-order valence-corrected chi connectivity index (χ1v) is 21.4. The van der Waals surface area contributed by atoms with Crippen molar-refractivity contribution in [3.63, 3.8) is 0 Å². The van der Waals surface area contributed by atoms with E-state index in [1.54, 1.807) is 0 Å². The Bertz CT molecular complexity index is 2700. The van der Waals surface area contributed by atoms with Crippen LogP contribution in [0.15, 0.2) is 255 Å². The van der Waals surface area contributed by atoms with E-state index in [1.165, 1.54) is 89.0 Å². The predicted octanol–water partition coefficient (Wildman–Crippen LogP) is 14.3. The van der Waals surface area contributed by atoms with Crippen LogP contribution in [0.25, 0.3) is 89.0 Å². The number of benzene rings is 8. The molecule has 0 spiro atoms. The van der Waals surface area contributed by atoms with Gasteiger partial charge in [-0.3, -0.25) is 0 Å². The summed E-state index contributed by atoms with van der Waals surface area (Å²) in [5.74, 6) is 0. The van der Waals surface area contributed by atoms with Gasteiger partial charge in [0.05, 0.1) is 0 Å². The molecule has 294 valence electrons. The van der Waals surface area contributed by atoms with Crippen LogP contribution in [0.2, 0.25) is 0 Å². The largest absolute Gasteiger partial charge is 0.206 e. The Morgan fingerprint density at radius 2 is 0.435 bits per heavy atom. The fraction of sp³-hybridized carbons (Fsp3) is 0.0333. The molecule has 8 aromatic carbocycles. The van der Waals surface area contributed by atoms with Gasteiger partial charge in [0.25, 0.3) is 0 Å². The average Bonchev–Trinajstić information content (AvgIpc) is 3.37. The van der Waals surface area contributed by atoms with Crippen molar-refractivity contribution < 1.29 is 9.13 Å². The van der Waals surface area contributed by atoms with Gasteiger partial charge in [-0.05, 0) is 113 Å². The maximum absolute atomic E-state index is 2.36. The second kappa shape index (κ2) is 17.7. The third-order valence-electron chi connectivity index (χ3n) is 11.8. The molecule has 0 bridgehead atoms. The van der Waals surface area contributed by atoms with Gasteiger partial charge >= 0.3 is 0 Å². The highest BCUT2D eigenvalue weighted by Crippen LogP contribution is 2.44. The van der Waals surface area contributed by atoms with E-state index in [1.807, 2.05) is 0 Å². The number of nitrogens with zero attached hydrogens (tertiary/aromatic N) is 2. The summed E-state index contributed by atoms with van der Waals surface area (Å²) in [6.45, 7) is 1.68. The van der Waals surface area contributed by atoms with Crippen LogP contribution in [0, 0.1) is 0 Å². The SMILES string of the molecule is c1ccc(-c2cc(-c3ccccc3)c(-c3cc[n+](CC[n+]4ccc(-c5c(-c6ccccc6)cc(-c6ccccc6)cc5-c5ccccc5)cc4)cc3)c(-c3ccccc3)c2)cc1. The van der Waals surface area contributed by atoms with Gasteiger partial charge < -0.3 is 0 Å². The lowest BCUT2D eigenvalue weighted by Gasteiger charge is -2.19. The predicted molar refractivity (Wildman–Crippen MR) is 257 cm³/mol. The Hall–Kier alpha value is -7.94. The number of hydrogen-bond acceptors (Lipinski definition) is 0. The molecule has 10 rings (SSSR count). The van der Waals surface area contributed by atoms with E-state index in [9.17, 15) is 0 Å². The summed E-state index contributed by atoms with van der Waals surface area (Å²) in [7, 11) is 0. The molecule has 0 saturated heterocycles. The summed E-state index contributed by atoms with van der Waals surface area (Å²) in [6, 6.07) is 83.1. The molecule has 62 heavy (non-hydrogen) atoms. The van der Waals surface area contributed by atoms with Crippen LogP contribution in [0.1, 0.15) is 0 Å². The van der Waals surface area contributed by atoms with Gasteiger partial charge in [0.15, 0.2) is 24.8 Å². The Labute approximate surface area is 365 Å². The maximum atomic E-state index is 2.36. The average molecular weight is 795 g/mol. The second-order valence-corrected chi connectivity index (χ2v) is 15.7. The van der Waals surface area contributed by atoms with E-state index in [0.29, 0.717) is 0 Å². The smallest absolute Gasteiger partial charge is 0.198 e. The lowest BCUT2D eigenvalue weighted by atomic mass is 9.85. The first-order valence-electron chi connectivity index (χ1n) is 21.4. The molecule has 10 aromatic rings. The minimum absolute atomic E-state index is 0.838. The lowest BCUT2D eigenvalue weighted by Crippen LogP contribution is -2.43. The van der Waals surface area contributed by atoms with Crippen LogP contribution in [0.4, 0.5) is 0 Å². The molecule has 0 radical (unpaired) electrons. The highest BCUT2D eigenvalue weighted by atomic mass is 15.0. The van der Waals surface area contributed by atoms with Crippen molar-refractivity contribution in [1.82, 2.24) is 0 Å². The molecule has 0 aliphatic rings. The third-order valence-corrected chi connectivity index (χ3v) is 11.8. The summed E-state index contributed by atoms with van der Waals surface area (Å²) in [4.78, 5) is 0. The minimum Gasteiger partial charge on any atom is -0.198 e. The van der Waals surface area contributed by atoms with E-state index in [4.69, 9.17) is 0 Å². The van der Waals surface area contributed by atoms with E-state index in [0.717, 1.165) is 13.1 Å². The number of aromatic nitrogens is 2. The molecule has 2 heteroatoms. The molecule has 0 N–H and O–H groups in total. The topological polar surface area (TPSA) is 7.76 Å². The highest BCUT2D eigenvalue weighted by molar-refractivity contribution is 5.99. The molecule has 0 fully saturated rings. The van der Waals surface area contributed by atoms with E-state index in [2.05, 4.69) is 264 Å². The van der Waals surface area contributed by atoms with Gasteiger partial charge in [-0.25, -0.2) is 0 Å². The van der Waals surface area contributed by atoms with Crippen molar-refractivity contribution in [2.45, 2.75) is 13.1 Å². The van der Waals surface area contributed by atoms with Gasteiger partial charge in [0.2, 0.25) is 13.1 Å². The van der Waals surface area contributed by atoms with Crippen molar-refractivity contribution in [3.8, 4) is 89.0 Å². The fourth-order valence-electron chi connectivity index (χ4n) is 8.66. The van der Waals surface area contributed by atoms with Gasteiger partial charge in [0, 0.05) is 24.3 Å². The fourth-order valence-corrected chi connectivity index (χ4v) is 8.66. The number of pyridine rings is 2. The normalized spacial score (nSPS) is 11.0. The highest BCUT2D eigenvalue weighted by Gasteiger charge is 2.20. The quantitative estimate of drug-likeness (QED) is 0.115. The van der Waals surface area contributed by atoms with Gasteiger partial charge in [-0.2, -0.15) is 9.13 Å². The molecule has 2 aromatic heterocycles.